The summed E-state index contributed by atoms with van der Waals surface area (Å²) in [5, 5.41) is 12.2. The van der Waals surface area contributed by atoms with Crippen molar-refractivity contribution in [3.63, 3.8) is 0 Å². The molecule has 106 valence electrons. The molecule has 21 heavy (non-hydrogen) atoms. The summed E-state index contributed by atoms with van der Waals surface area (Å²) in [6.07, 6.45) is 0.189. The number of rotatable bonds is 4. The zero-order valence-electron chi connectivity index (χ0n) is 11.4. The number of anilines is 1. The van der Waals surface area contributed by atoms with E-state index in [4.69, 9.17) is 21.6 Å². The van der Waals surface area contributed by atoms with Gasteiger partial charge in [-0.15, -0.1) is 0 Å². The first-order valence-corrected chi connectivity index (χ1v) is 6.62. The average Bonchev–Trinajstić information content (AvgIpc) is 2.47. The van der Waals surface area contributed by atoms with Crippen LogP contribution in [-0.4, -0.2) is 13.0 Å². The number of carbonyl (C=O) groups excluding carboxylic acids is 1. The van der Waals surface area contributed by atoms with Gasteiger partial charge in [-0.05, 0) is 35.9 Å². The van der Waals surface area contributed by atoms with Gasteiger partial charge >= 0.3 is 0 Å². The molecule has 0 atom stereocenters. The predicted octanol–water partition coefficient (Wildman–Crippen LogP) is 3.40. The quantitative estimate of drug-likeness (QED) is 0.941. The maximum atomic E-state index is 12.1. The highest BCUT2D eigenvalue weighted by Gasteiger charge is 2.09. The van der Waals surface area contributed by atoms with E-state index in [0.29, 0.717) is 22.0 Å². The van der Waals surface area contributed by atoms with Crippen LogP contribution in [0.4, 0.5) is 5.69 Å². The van der Waals surface area contributed by atoms with Crippen LogP contribution in [0.15, 0.2) is 42.5 Å². The van der Waals surface area contributed by atoms with Crippen molar-refractivity contribution in [2.45, 2.75) is 6.42 Å². The molecule has 0 heterocycles. The summed E-state index contributed by atoms with van der Waals surface area (Å²) in [4.78, 5) is 12.1. The zero-order valence-corrected chi connectivity index (χ0v) is 12.1. The monoisotopic (exact) mass is 300 g/mol. The molecule has 0 unspecified atom stereocenters. The molecule has 1 N–H and O–H groups in total. The summed E-state index contributed by atoms with van der Waals surface area (Å²) in [5.41, 5.74) is 1.61. The molecular weight excluding hydrogens is 288 g/mol. The number of halogens is 1. The first kappa shape index (κ1) is 14.9. The van der Waals surface area contributed by atoms with Gasteiger partial charge in [-0.1, -0.05) is 23.7 Å². The van der Waals surface area contributed by atoms with E-state index in [1.807, 2.05) is 24.3 Å². The second-order valence-electron chi connectivity index (χ2n) is 4.38. The Kier molecular flexibility index (Phi) is 4.81. The molecule has 0 radical (unpaired) electrons. The molecule has 2 rings (SSSR count). The SMILES string of the molecule is COc1cccc(CC(=O)Nc2cc(Cl)ccc2C#N)c1. The second kappa shape index (κ2) is 6.78. The lowest BCUT2D eigenvalue weighted by Gasteiger charge is -2.08. The van der Waals surface area contributed by atoms with E-state index in [2.05, 4.69) is 5.32 Å². The molecule has 0 bridgehead atoms. The van der Waals surface area contributed by atoms with Crippen molar-refractivity contribution in [3.8, 4) is 11.8 Å². The maximum Gasteiger partial charge on any atom is 0.228 e. The molecular formula is C16H13ClN2O2. The number of nitrogens with one attached hydrogen (secondary N) is 1. The second-order valence-corrected chi connectivity index (χ2v) is 4.81. The van der Waals surface area contributed by atoms with Gasteiger partial charge in [0.2, 0.25) is 5.91 Å². The Morgan fingerprint density at radius 3 is 2.86 bits per heavy atom. The summed E-state index contributed by atoms with van der Waals surface area (Å²) in [6.45, 7) is 0. The first-order chi connectivity index (χ1) is 10.1. The van der Waals surface area contributed by atoms with Crippen LogP contribution in [-0.2, 0) is 11.2 Å². The summed E-state index contributed by atoms with van der Waals surface area (Å²) in [7, 11) is 1.57. The molecule has 0 aliphatic heterocycles. The normalized spacial score (nSPS) is 9.76. The highest BCUT2D eigenvalue weighted by molar-refractivity contribution is 6.31. The number of nitrogens with zero attached hydrogens (tertiary/aromatic N) is 1. The summed E-state index contributed by atoms with van der Waals surface area (Å²) >= 11 is 5.88. The Morgan fingerprint density at radius 2 is 2.14 bits per heavy atom. The molecule has 0 fully saturated rings. The highest BCUT2D eigenvalue weighted by atomic mass is 35.5. The van der Waals surface area contributed by atoms with E-state index in [9.17, 15) is 4.79 Å². The fourth-order valence-corrected chi connectivity index (χ4v) is 2.05. The number of methoxy groups -OCH3 is 1. The lowest BCUT2D eigenvalue weighted by atomic mass is 10.1. The molecule has 0 saturated carbocycles. The number of benzene rings is 2. The number of hydrogen-bond acceptors (Lipinski definition) is 3. The molecule has 0 aliphatic rings. The van der Waals surface area contributed by atoms with Gasteiger partial charge in [0.15, 0.2) is 0 Å². The van der Waals surface area contributed by atoms with Crippen LogP contribution in [0, 0.1) is 11.3 Å². The standard InChI is InChI=1S/C16H13ClN2O2/c1-21-14-4-2-3-11(7-14)8-16(20)19-15-9-13(17)6-5-12(15)10-18/h2-7,9H,8H2,1H3,(H,19,20). The van der Waals surface area contributed by atoms with Gasteiger partial charge in [0.05, 0.1) is 24.8 Å². The van der Waals surface area contributed by atoms with Crippen LogP contribution in [0.25, 0.3) is 0 Å². The van der Waals surface area contributed by atoms with Crippen LogP contribution < -0.4 is 10.1 Å². The predicted molar refractivity (Wildman–Crippen MR) is 81.5 cm³/mol. The van der Waals surface area contributed by atoms with E-state index in [-0.39, 0.29) is 12.3 Å². The number of amides is 1. The van der Waals surface area contributed by atoms with Crippen molar-refractivity contribution in [2.75, 3.05) is 12.4 Å². The molecule has 1 amide bonds. The third kappa shape index (κ3) is 3.98. The number of nitriles is 1. The Hall–Kier alpha value is -2.51. The number of ether oxygens (including phenoxy) is 1. The number of carbonyl (C=O) groups is 1. The van der Waals surface area contributed by atoms with E-state index >= 15 is 0 Å². The minimum atomic E-state index is -0.220. The van der Waals surface area contributed by atoms with Gasteiger partial charge in [-0.3, -0.25) is 4.79 Å². The molecule has 0 aromatic heterocycles. The average molecular weight is 301 g/mol. The van der Waals surface area contributed by atoms with Gasteiger partial charge in [0, 0.05) is 5.02 Å². The summed E-state index contributed by atoms with van der Waals surface area (Å²) in [6, 6.07) is 14.0. The fourth-order valence-electron chi connectivity index (χ4n) is 1.88. The molecule has 5 heteroatoms. The van der Waals surface area contributed by atoms with Crippen molar-refractivity contribution < 1.29 is 9.53 Å². The van der Waals surface area contributed by atoms with Crippen molar-refractivity contribution in [1.29, 1.82) is 5.26 Å². The topological polar surface area (TPSA) is 62.1 Å². The van der Waals surface area contributed by atoms with Crippen molar-refractivity contribution in [1.82, 2.24) is 0 Å². The molecule has 0 saturated heterocycles. The largest absolute Gasteiger partial charge is 0.497 e. The van der Waals surface area contributed by atoms with E-state index in [1.54, 1.807) is 31.4 Å². The van der Waals surface area contributed by atoms with Crippen molar-refractivity contribution in [2.24, 2.45) is 0 Å². The molecule has 0 spiro atoms. The van der Waals surface area contributed by atoms with E-state index < -0.39 is 0 Å². The number of hydrogen-bond donors (Lipinski definition) is 1. The first-order valence-electron chi connectivity index (χ1n) is 6.25. The Bertz CT molecular complexity index is 708. The molecule has 2 aromatic rings. The van der Waals surface area contributed by atoms with E-state index in [0.717, 1.165) is 5.56 Å². The molecule has 2 aromatic carbocycles. The van der Waals surface area contributed by atoms with Crippen LogP contribution in [0.5, 0.6) is 5.75 Å². The van der Waals surface area contributed by atoms with Gasteiger partial charge in [-0.25, -0.2) is 0 Å². The Balaban J connectivity index is 2.11. The van der Waals surface area contributed by atoms with Gasteiger partial charge in [0.1, 0.15) is 11.8 Å². The minimum Gasteiger partial charge on any atom is -0.497 e. The zero-order chi connectivity index (χ0) is 15.2. The fraction of sp³-hybridized carbons (Fsp3) is 0.125. The van der Waals surface area contributed by atoms with Crippen LogP contribution in [0.2, 0.25) is 5.02 Å². The molecule has 4 nitrogen and oxygen atoms in total. The van der Waals surface area contributed by atoms with E-state index in [1.165, 1.54) is 0 Å². The lowest BCUT2D eigenvalue weighted by molar-refractivity contribution is -0.115. The maximum absolute atomic E-state index is 12.1. The van der Waals surface area contributed by atoms with Crippen molar-refractivity contribution in [3.05, 3.63) is 58.6 Å². The van der Waals surface area contributed by atoms with Crippen LogP contribution >= 0.6 is 11.6 Å². The van der Waals surface area contributed by atoms with Crippen LogP contribution in [0.1, 0.15) is 11.1 Å². The third-order valence-corrected chi connectivity index (χ3v) is 3.11. The van der Waals surface area contributed by atoms with Gasteiger partial charge in [0.25, 0.3) is 0 Å². The Labute approximate surface area is 127 Å². The molecule has 0 aliphatic carbocycles. The van der Waals surface area contributed by atoms with Crippen molar-refractivity contribution >= 4 is 23.2 Å². The Morgan fingerprint density at radius 1 is 1.33 bits per heavy atom. The van der Waals surface area contributed by atoms with Gasteiger partial charge in [-0.2, -0.15) is 5.26 Å². The van der Waals surface area contributed by atoms with Crippen LogP contribution in [0.3, 0.4) is 0 Å². The minimum absolute atomic E-state index is 0.189. The third-order valence-electron chi connectivity index (χ3n) is 2.87. The highest BCUT2D eigenvalue weighted by Crippen LogP contribution is 2.21. The summed E-state index contributed by atoms with van der Waals surface area (Å²) in [5.74, 6) is 0.475. The smallest absolute Gasteiger partial charge is 0.228 e. The van der Waals surface area contributed by atoms with Gasteiger partial charge < -0.3 is 10.1 Å². The lowest BCUT2D eigenvalue weighted by Crippen LogP contribution is -2.15. The summed E-state index contributed by atoms with van der Waals surface area (Å²) < 4.78 is 5.11.